The zero-order valence-electron chi connectivity index (χ0n) is 11.0. The number of carboxylic acids is 1. The predicted molar refractivity (Wildman–Crippen MR) is 67.0 cm³/mol. The number of carbonyl (C=O) groups is 3. The van der Waals surface area contributed by atoms with Gasteiger partial charge in [0.15, 0.2) is 0 Å². The number of aliphatic carboxylic acids is 1. The van der Waals surface area contributed by atoms with Gasteiger partial charge in [0.05, 0.1) is 0 Å². The SMILES string of the molecule is CCC(=O)NCCCCC(NC(=O)CC)C(=O)O. The van der Waals surface area contributed by atoms with Crippen LogP contribution in [-0.4, -0.2) is 35.5 Å². The highest BCUT2D eigenvalue weighted by Crippen LogP contribution is 2.01. The molecular formula is C12H22N2O4. The molecule has 1 atom stereocenters. The topological polar surface area (TPSA) is 95.5 Å². The molecule has 0 aliphatic carbocycles. The molecule has 0 radical (unpaired) electrons. The molecule has 104 valence electrons. The highest BCUT2D eigenvalue weighted by Gasteiger charge is 2.18. The van der Waals surface area contributed by atoms with Gasteiger partial charge in [-0.1, -0.05) is 13.8 Å². The second-order valence-electron chi connectivity index (χ2n) is 4.01. The van der Waals surface area contributed by atoms with Gasteiger partial charge in [0.1, 0.15) is 6.04 Å². The monoisotopic (exact) mass is 258 g/mol. The number of hydrogen-bond acceptors (Lipinski definition) is 3. The Hall–Kier alpha value is -1.59. The van der Waals surface area contributed by atoms with Crippen molar-refractivity contribution in [3.63, 3.8) is 0 Å². The van der Waals surface area contributed by atoms with Crippen LogP contribution in [0.4, 0.5) is 0 Å². The molecule has 18 heavy (non-hydrogen) atoms. The van der Waals surface area contributed by atoms with Gasteiger partial charge in [0, 0.05) is 19.4 Å². The summed E-state index contributed by atoms with van der Waals surface area (Å²) in [6.07, 6.45) is 2.45. The molecule has 0 spiro atoms. The average Bonchev–Trinajstić information content (AvgIpc) is 2.35. The number of carboxylic acid groups (broad SMARTS) is 1. The van der Waals surface area contributed by atoms with Crippen molar-refractivity contribution in [2.45, 2.75) is 52.0 Å². The minimum absolute atomic E-state index is 0.0101. The van der Waals surface area contributed by atoms with Gasteiger partial charge < -0.3 is 15.7 Å². The molecule has 0 saturated heterocycles. The molecular weight excluding hydrogens is 236 g/mol. The minimum atomic E-state index is -1.02. The van der Waals surface area contributed by atoms with Crippen LogP contribution in [0.25, 0.3) is 0 Å². The first kappa shape index (κ1) is 16.4. The molecule has 0 aromatic heterocycles. The minimum Gasteiger partial charge on any atom is -0.480 e. The van der Waals surface area contributed by atoms with Crippen molar-refractivity contribution in [3.05, 3.63) is 0 Å². The van der Waals surface area contributed by atoms with E-state index in [1.165, 1.54) is 0 Å². The Balaban J connectivity index is 3.81. The van der Waals surface area contributed by atoms with Gasteiger partial charge in [-0.3, -0.25) is 9.59 Å². The zero-order chi connectivity index (χ0) is 14.0. The molecule has 1 unspecified atom stereocenters. The molecule has 0 aromatic rings. The summed E-state index contributed by atoms with van der Waals surface area (Å²) >= 11 is 0. The molecule has 0 aromatic carbocycles. The van der Waals surface area contributed by atoms with Crippen molar-refractivity contribution < 1.29 is 19.5 Å². The Morgan fingerprint density at radius 1 is 1.06 bits per heavy atom. The molecule has 0 aliphatic rings. The van der Waals surface area contributed by atoms with E-state index in [2.05, 4.69) is 10.6 Å². The third-order valence-corrected chi connectivity index (χ3v) is 2.52. The van der Waals surface area contributed by atoms with Gasteiger partial charge in [-0.2, -0.15) is 0 Å². The van der Waals surface area contributed by atoms with E-state index in [1.807, 2.05) is 0 Å². The molecule has 2 amide bonds. The van der Waals surface area contributed by atoms with Gasteiger partial charge >= 0.3 is 5.97 Å². The second kappa shape index (κ2) is 9.44. The lowest BCUT2D eigenvalue weighted by Gasteiger charge is -2.13. The molecule has 0 fully saturated rings. The van der Waals surface area contributed by atoms with Crippen LogP contribution in [0, 0.1) is 0 Å². The summed E-state index contributed by atoms with van der Waals surface area (Å²) in [5.74, 6) is -1.29. The van der Waals surface area contributed by atoms with Crippen LogP contribution in [0.1, 0.15) is 46.0 Å². The number of amides is 2. The van der Waals surface area contributed by atoms with E-state index in [1.54, 1.807) is 13.8 Å². The van der Waals surface area contributed by atoms with Crippen molar-refractivity contribution in [3.8, 4) is 0 Å². The van der Waals surface area contributed by atoms with Crippen LogP contribution in [0.15, 0.2) is 0 Å². The van der Waals surface area contributed by atoms with Crippen LogP contribution >= 0.6 is 0 Å². The molecule has 0 bridgehead atoms. The predicted octanol–water partition coefficient (Wildman–Crippen LogP) is 0.662. The average molecular weight is 258 g/mol. The summed E-state index contributed by atoms with van der Waals surface area (Å²) in [4.78, 5) is 32.9. The van der Waals surface area contributed by atoms with Crippen molar-refractivity contribution >= 4 is 17.8 Å². The van der Waals surface area contributed by atoms with Crippen molar-refractivity contribution in [2.24, 2.45) is 0 Å². The lowest BCUT2D eigenvalue weighted by atomic mass is 10.1. The summed E-state index contributed by atoms with van der Waals surface area (Å²) in [5, 5.41) is 14.1. The normalized spacial score (nSPS) is 11.7. The van der Waals surface area contributed by atoms with E-state index in [0.717, 1.165) is 0 Å². The van der Waals surface area contributed by atoms with E-state index in [9.17, 15) is 14.4 Å². The lowest BCUT2D eigenvalue weighted by molar-refractivity contribution is -0.142. The first-order valence-electron chi connectivity index (χ1n) is 6.30. The van der Waals surface area contributed by atoms with Gasteiger partial charge in [-0.25, -0.2) is 4.79 Å². The fourth-order valence-corrected chi connectivity index (χ4v) is 1.38. The molecule has 3 N–H and O–H groups in total. The second-order valence-corrected chi connectivity index (χ2v) is 4.01. The number of hydrogen-bond donors (Lipinski definition) is 3. The molecule has 0 saturated carbocycles. The summed E-state index contributed by atoms with van der Waals surface area (Å²) in [6, 6.07) is -0.834. The van der Waals surface area contributed by atoms with Crippen LogP contribution in [-0.2, 0) is 14.4 Å². The maximum atomic E-state index is 11.1. The maximum Gasteiger partial charge on any atom is 0.326 e. The maximum absolute atomic E-state index is 11.1. The summed E-state index contributed by atoms with van der Waals surface area (Å²) in [7, 11) is 0. The molecule has 0 rings (SSSR count). The number of rotatable bonds is 9. The quantitative estimate of drug-likeness (QED) is 0.529. The Labute approximate surface area is 107 Å². The van der Waals surface area contributed by atoms with E-state index in [4.69, 9.17) is 5.11 Å². The Morgan fingerprint density at radius 2 is 1.67 bits per heavy atom. The van der Waals surface area contributed by atoms with Crippen LogP contribution in [0.5, 0.6) is 0 Å². The molecule has 0 aliphatic heterocycles. The molecule has 6 nitrogen and oxygen atoms in total. The third kappa shape index (κ3) is 7.65. The lowest BCUT2D eigenvalue weighted by Crippen LogP contribution is -2.40. The number of carbonyl (C=O) groups excluding carboxylic acids is 2. The fraction of sp³-hybridized carbons (Fsp3) is 0.750. The first-order valence-corrected chi connectivity index (χ1v) is 6.30. The summed E-state index contributed by atoms with van der Waals surface area (Å²) in [5.41, 5.74) is 0. The number of unbranched alkanes of at least 4 members (excludes halogenated alkanes) is 1. The number of nitrogens with one attached hydrogen (secondary N) is 2. The van der Waals surface area contributed by atoms with Crippen molar-refractivity contribution in [1.29, 1.82) is 0 Å². The highest BCUT2D eigenvalue weighted by molar-refractivity contribution is 5.83. The molecule has 0 heterocycles. The van der Waals surface area contributed by atoms with Gasteiger partial charge in [0.25, 0.3) is 0 Å². The Kier molecular flexibility index (Phi) is 8.61. The van der Waals surface area contributed by atoms with Crippen molar-refractivity contribution in [1.82, 2.24) is 10.6 Å². The van der Waals surface area contributed by atoms with Gasteiger partial charge in [0.2, 0.25) is 11.8 Å². The highest BCUT2D eigenvalue weighted by atomic mass is 16.4. The van der Waals surface area contributed by atoms with E-state index < -0.39 is 12.0 Å². The standard InChI is InChI=1S/C12H22N2O4/c1-3-10(15)13-8-6-5-7-9(12(17)18)14-11(16)4-2/h9H,3-8H2,1-2H3,(H,13,15)(H,14,16)(H,17,18). The smallest absolute Gasteiger partial charge is 0.326 e. The van der Waals surface area contributed by atoms with Crippen LogP contribution in [0.2, 0.25) is 0 Å². The Bertz CT molecular complexity index is 292. The fourth-order valence-electron chi connectivity index (χ4n) is 1.38. The van der Waals surface area contributed by atoms with E-state index >= 15 is 0 Å². The Morgan fingerprint density at radius 3 is 2.17 bits per heavy atom. The largest absolute Gasteiger partial charge is 0.480 e. The summed E-state index contributed by atoms with van der Waals surface area (Å²) < 4.78 is 0. The third-order valence-electron chi connectivity index (χ3n) is 2.52. The summed E-state index contributed by atoms with van der Waals surface area (Å²) in [6.45, 7) is 3.99. The van der Waals surface area contributed by atoms with Crippen LogP contribution < -0.4 is 10.6 Å². The first-order chi connectivity index (χ1) is 8.51. The van der Waals surface area contributed by atoms with Crippen LogP contribution in [0.3, 0.4) is 0 Å². The van der Waals surface area contributed by atoms with Gasteiger partial charge in [-0.15, -0.1) is 0 Å². The van der Waals surface area contributed by atoms with Crippen molar-refractivity contribution in [2.75, 3.05) is 6.54 Å². The van der Waals surface area contributed by atoms with E-state index in [0.29, 0.717) is 32.2 Å². The van der Waals surface area contributed by atoms with Gasteiger partial charge in [-0.05, 0) is 19.3 Å². The van der Waals surface area contributed by atoms with E-state index in [-0.39, 0.29) is 18.2 Å². The molecule has 6 heteroatoms. The zero-order valence-corrected chi connectivity index (χ0v) is 11.0.